The van der Waals surface area contributed by atoms with Crippen molar-refractivity contribution in [2.24, 2.45) is 0 Å². The minimum Gasteiger partial charge on any atom is -0.546 e. The Bertz CT molecular complexity index is 1430. The van der Waals surface area contributed by atoms with Crippen LogP contribution in [0.3, 0.4) is 0 Å². The molecule has 0 saturated heterocycles. The van der Waals surface area contributed by atoms with E-state index in [1.165, 1.54) is 12.1 Å². The lowest BCUT2D eigenvalue weighted by atomic mass is 10.0. The second kappa shape index (κ2) is 19.5. The van der Waals surface area contributed by atoms with E-state index in [0.717, 1.165) is 24.8 Å². The van der Waals surface area contributed by atoms with Crippen molar-refractivity contribution in [2.75, 3.05) is 19.8 Å². The lowest BCUT2D eigenvalue weighted by Gasteiger charge is -2.25. The molecule has 0 fully saturated rings. The van der Waals surface area contributed by atoms with E-state index >= 15 is 0 Å². The van der Waals surface area contributed by atoms with E-state index in [1.807, 2.05) is 37.3 Å². The summed E-state index contributed by atoms with van der Waals surface area (Å²) in [6.45, 7) is 8.55. The number of hydrogen-bond donors (Lipinski definition) is 3. The number of aliphatic carboxylic acids is 1. The van der Waals surface area contributed by atoms with Crippen LogP contribution in [-0.4, -0.2) is 67.3 Å². The Balaban J connectivity index is 2.42. The normalized spacial score (nSPS) is 11.9. The molecule has 0 aliphatic heterocycles. The van der Waals surface area contributed by atoms with Gasteiger partial charge in [0.05, 0.1) is 18.1 Å². The number of alkyl carbamates (subject to hydrolysis) is 1. The molecule has 12 heteroatoms. The number of esters is 1. The van der Waals surface area contributed by atoms with Crippen molar-refractivity contribution >= 4 is 29.8 Å². The number of carbonyl (C=O) groups excluding carboxylic acids is 5. The molecule has 0 bridgehead atoms. The first kappa shape index (κ1) is 38.1. The molecule has 47 heavy (non-hydrogen) atoms. The van der Waals surface area contributed by atoms with Gasteiger partial charge < -0.3 is 40.1 Å². The number of nitrogens with one attached hydrogen (secondary N) is 3. The molecule has 0 radical (unpaired) electrons. The van der Waals surface area contributed by atoms with Gasteiger partial charge in [-0.2, -0.15) is 0 Å². The molecule has 0 saturated carbocycles. The number of hydrogen-bond acceptors (Lipinski definition) is 9. The van der Waals surface area contributed by atoms with Crippen molar-refractivity contribution < 1.29 is 43.3 Å². The predicted molar refractivity (Wildman–Crippen MR) is 172 cm³/mol. The number of carboxylic acid groups (broad SMARTS) is 1. The van der Waals surface area contributed by atoms with E-state index in [0.29, 0.717) is 12.1 Å². The summed E-state index contributed by atoms with van der Waals surface area (Å²) in [6, 6.07) is 11.5. The van der Waals surface area contributed by atoms with E-state index in [2.05, 4.69) is 27.8 Å². The van der Waals surface area contributed by atoms with E-state index in [-0.39, 0.29) is 30.8 Å². The van der Waals surface area contributed by atoms with Crippen LogP contribution in [0.2, 0.25) is 0 Å². The zero-order chi connectivity index (χ0) is 34.8. The van der Waals surface area contributed by atoms with Gasteiger partial charge in [-0.3, -0.25) is 9.59 Å². The van der Waals surface area contributed by atoms with Crippen molar-refractivity contribution in [3.05, 3.63) is 65.2 Å². The third-order valence-corrected chi connectivity index (χ3v) is 6.41. The molecule has 0 unspecified atom stereocenters. The first-order valence-corrected chi connectivity index (χ1v) is 15.6. The molecule has 3 amide bonds. The van der Waals surface area contributed by atoms with Gasteiger partial charge in [-0.25, -0.2) is 9.59 Å². The van der Waals surface area contributed by atoms with Gasteiger partial charge in [-0.05, 0) is 57.4 Å². The number of ether oxygens (including phenoxy) is 3. The average Bonchev–Trinajstić information content (AvgIpc) is 3.00. The Labute approximate surface area is 275 Å². The van der Waals surface area contributed by atoms with Gasteiger partial charge in [0, 0.05) is 25.3 Å². The van der Waals surface area contributed by atoms with Gasteiger partial charge in [0.1, 0.15) is 30.0 Å². The zero-order valence-electron chi connectivity index (χ0n) is 27.6. The minimum atomic E-state index is -1.45. The quantitative estimate of drug-likeness (QED) is 0.140. The maximum absolute atomic E-state index is 13.7. The van der Waals surface area contributed by atoms with Gasteiger partial charge in [0.25, 0.3) is 0 Å². The monoisotopic (exact) mass is 650 g/mol. The Morgan fingerprint density at radius 1 is 0.872 bits per heavy atom. The van der Waals surface area contributed by atoms with Crippen LogP contribution in [0.15, 0.2) is 48.5 Å². The third kappa shape index (κ3) is 15.2. The van der Waals surface area contributed by atoms with E-state index in [1.54, 1.807) is 33.8 Å². The molecule has 2 rings (SSSR count). The largest absolute Gasteiger partial charge is 0.546 e. The van der Waals surface area contributed by atoms with Gasteiger partial charge in [-0.15, -0.1) is 0 Å². The molecular formula is C35H44N3O9-. The van der Waals surface area contributed by atoms with Crippen LogP contribution < -0.4 is 25.8 Å². The molecule has 0 aliphatic rings. The lowest BCUT2D eigenvalue weighted by molar-refractivity contribution is -0.307. The fraction of sp³-hybridized carbons (Fsp3) is 0.457. The molecule has 3 N–H and O–H groups in total. The molecule has 2 aromatic carbocycles. The van der Waals surface area contributed by atoms with E-state index < -0.39 is 54.1 Å². The molecule has 0 heterocycles. The Kier molecular flexibility index (Phi) is 15.8. The van der Waals surface area contributed by atoms with E-state index in [9.17, 15) is 29.1 Å². The Morgan fingerprint density at radius 2 is 1.55 bits per heavy atom. The lowest BCUT2D eigenvalue weighted by Crippen LogP contribution is -2.55. The summed E-state index contributed by atoms with van der Waals surface area (Å²) >= 11 is 0. The smallest absolute Gasteiger partial charge is 0.408 e. The highest BCUT2D eigenvalue weighted by Gasteiger charge is 2.29. The van der Waals surface area contributed by atoms with Crippen molar-refractivity contribution in [2.45, 2.75) is 84.4 Å². The van der Waals surface area contributed by atoms with Crippen molar-refractivity contribution in [1.29, 1.82) is 0 Å². The van der Waals surface area contributed by atoms with Crippen molar-refractivity contribution in [3.8, 4) is 17.6 Å². The van der Waals surface area contributed by atoms with Gasteiger partial charge in [-0.1, -0.05) is 62.1 Å². The topological polar surface area (TPSA) is 172 Å². The zero-order valence-corrected chi connectivity index (χ0v) is 27.6. The first-order valence-electron chi connectivity index (χ1n) is 15.6. The third-order valence-electron chi connectivity index (χ3n) is 6.41. The summed E-state index contributed by atoms with van der Waals surface area (Å²) in [5.74, 6) is 1.73. The number of unbranched alkanes of at least 4 members (excludes halogenated alkanes) is 2. The highest BCUT2D eigenvalue weighted by molar-refractivity contribution is 5.92. The van der Waals surface area contributed by atoms with Gasteiger partial charge in [0.2, 0.25) is 11.8 Å². The maximum atomic E-state index is 13.7. The Hall–Kier alpha value is -5.05. The molecule has 2 aromatic rings. The number of carboxylic acids is 1. The summed E-state index contributed by atoms with van der Waals surface area (Å²) in [6.07, 6.45) is 1.95. The highest BCUT2D eigenvalue weighted by atomic mass is 16.6. The summed E-state index contributed by atoms with van der Waals surface area (Å²) in [4.78, 5) is 62.7. The van der Waals surface area contributed by atoms with Crippen LogP contribution in [0.4, 0.5) is 4.79 Å². The number of amides is 3. The molecule has 12 nitrogen and oxygen atoms in total. The molecule has 2 atom stereocenters. The Morgan fingerprint density at radius 3 is 2.19 bits per heavy atom. The molecule has 0 aliphatic carbocycles. The standard InChI is InChI=1S/C35H45N3O9/c1-6-8-12-19-36-32(42)27(22-25-15-17-29(46-23-30(39)40)26(20-25)16-18-31(41)45-7-2)37-33(43)28(21-24-13-10-9-11-14-24)38-34(44)47-35(3,4)5/h9-11,13-15,17,20,27-28H,6-8,12,19,21-23H2,1-5H3,(H,36,42)(H,37,43)(H,38,44)(H,39,40)/p-1/t27-,28-/m0/s1. The second-order valence-corrected chi connectivity index (χ2v) is 11.6. The van der Waals surface area contributed by atoms with Crippen molar-refractivity contribution in [3.63, 3.8) is 0 Å². The highest BCUT2D eigenvalue weighted by Crippen LogP contribution is 2.21. The van der Waals surface area contributed by atoms with Crippen LogP contribution in [0.1, 0.15) is 70.6 Å². The molecule has 0 aromatic heterocycles. The fourth-order valence-corrected chi connectivity index (χ4v) is 4.29. The van der Waals surface area contributed by atoms with E-state index in [4.69, 9.17) is 14.2 Å². The first-order chi connectivity index (χ1) is 22.3. The molecule has 0 spiro atoms. The summed E-state index contributed by atoms with van der Waals surface area (Å²) in [7, 11) is 0. The van der Waals surface area contributed by atoms with Crippen LogP contribution in [0.5, 0.6) is 5.75 Å². The minimum absolute atomic E-state index is 0.00923. The summed E-state index contributed by atoms with van der Waals surface area (Å²) < 4.78 is 15.5. The summed E-state index contributed by atoms with van der Waals surface area (Å²) in [5.41, 5.74) is 0.663. The van der Waals surface area contributed by atoms with Crippen LogP contribution in [0.25, 0.3) is 0 Å². The number of carbonyl (C=O) groups is 5. The van der Waals surface area contributed by atoms with Gasteiger partial charge >= 0.3 is 12.1 Å². The average molecular weight is 651 g/mol. The second-order valence-electron chi connectivity index (χ2n) is 11.6. The van der Waals surface area contributed by atoms with Crippen LogP contribution >= 0.6 is 0 Å². The summed E-state index contributed by atoms with van der Waals surface area (Å²) in [5, 5.41) is 19.3. The predicted octanol–water partition coefficient (Wildman–Crippen LogP) is 2.20. The molecular weight excluding hydrogens is 606 g/mol. The van der Waals surface area contributed by atoms with Crippen LogP contribution in [0, 0.1) is 11.8 Å². The number of benzene rings is 2. The molecule has 254 valence electrons. The van der Waals surface area contributed by atoms with Crippen molar-refractivity contribution in [1.82, 2.24) is 16.0 Å². The maximum Gasteiger partial charge on any atom is 0.408 e. The number of rotatable bonds is 16. The van der Waals surface area contributed by atoms with Gasteiger partial charge in [0.15, 0.2) is 0 Å². The fourth-order valence-electron chi connectivity index (χ4n) is 4.29. The SMILES string of the molecule is CCCCCNC(=O)[C@H](Cc1ccc(OCC(=O)[O-])c(C#CC(=O)OCC)c1)NC(=O)[C@H](Cc1ccccc1)NC(=O)OC(C)(C)C. The van der Waals surface area contributed by atoms with Crippen LogP contribution in [-0.2, 0) is 41.5 Å².